The van der Waals surface area contributed by atoms with E-state index in [1.807, 2.05) is 6.92 Å². The quantitative estimate of drug-likeness (QED) is 0.864. The van der Waals surface area contributed by atoms with Gasteiger partial charge in [-0.05, 0) is 25.0 Å². The topological polar surface area (TPSA) is 29.1 Å². The summed E-state index contributed by atoms with van der Waals surface area (Å²) in [6.07, 6.45) is 0. The molecule has 1 aromatic rings. The van der Waals surface area contributed by atoms with Gasteiger partial charge in [0.25, 0.3) is 0 Å². The van der Waals surface area contributed by atoms with Crippen LogP contribution in [0.4, 0.5) is 4.39 Å². The molecule has 1 N–H and O–H groups in total. The van der Waals surface area contributed by atoms with Crippen LogP contribution in [-0.4, -0.2) is 17.7 Å². The van der Waals surface area contributed by atoms with Crippen molar-refractivity contribution in [1.82, 2.24) is 5.32 Å². The monoisotopic (exact) mass is 303 g/mol. The van der Waals surface area contributed by atoms with Crippen LogP contribution >= 0.6 is 23.4 Å². The van der Waals surface area contributed by atoms with Crippen molar-refractivity contribution in [2.45, 2.75) is 32.6 Å². The molecular formula is C14H19ClFNOS. The van der Waals surface area contributed by atoms with Crippen molar-refractivity contribution in [3.8, 4) is 0 Å². The Bertz CT molecular complexity index is 419. The van der Waals surface area contributed by atoms with Crippen LogP contribution in [0.25, 0.3) is 0 Å². The highest BCUT2D eigenvalue weighted by atomic mass is 35.5. The molecule has 0 aromatic heterocycles. The number of benzene rings is 1. The van der Waals surface area contributed by atoms with Crippen molar-refractivity contribution in [3.63, 3.8) is 0 Å². The third kappa shape index (κ3) is 5.41. The summed E-state index contributed by atoms with van der Waals surface area (Å²) in [4.78, 5) is 11.7. The highest BCUT2D eigenvalue weighted by molar-refractivity contribution is 7.99. The Morgan fingerprint density at radius 2 is 2.11 bits per heavy atom. The molecule has 19 heavy (non-hydrogen) atoms. The van der Waals surface area contributed by atoms with Crippen molar-refractivity contribution in [2.75, 3.05) is 5.75 Å². The SMILES string of the molecule is CC(C)[C@H](C)NC(=O)CSCc1c(F)cccc1Cl. The largest absolute Gasteiger partial charge is 0.353 e. The summed E-state index contributed by atoms with van der Waals surface area (Å²) < 4.78 is 13.5. The fraction of sp³-hybridized carbons (Fsp3) is 0.500. The highest BCUT2D eigenvalue weighted by Gasteiger charge is 2.12. The summed E-state index contributed by atoms with van der Waals surface area (Å²) in [5, 5.41) is 3.31. The Labute approximate surface area is 123 Å². The molecule has 0 aliphatic carbocycles. The maximum Gasteiger partial charge on any atom is 0.230 e. The van der Waals surface area contributed by atoms with Crippen LogP contribution in [0.2, 0.25) is 5.02 Å². The smallest absolute Gasteiger partial charge is 0.230 e. The first-order valence-electron chi connectivity index (χ1n) is 6.21. The summed E-state index contributed by atoms with van der Waals surface area (Å²) >= 11 is 7.28. The Hall–Kier alpha value is -0.740. The summed E-state index contributed by atoms with van der Waals surface area (Å²) in [5.74, 6) is 0.751. The van der Waals surface area contributed by atoms with Crippen molar-refractivity contribution in [3.05, 3.63) is 34.6 Å². The van der Waals surface area contributed by atoms with Crippen molar-refractivity contribution in [1.29, 1.82) is 0 Å². The molecule has 2 nitrogen and oxygen atoms in total. The van der Waals surface area contributed by atoms with Crippen LogP contribution in [0.1, 0.15) is 26.3 Å². The van der Waals surface area contributed by atoms with Gasteiger partial charge in [0.2, 0.25) is 5.91 Å². The van der Waals surface area contributed by atoms with Gasteiger partial charge in [-0.2, -0.15) is 0 Å². The van der Waals surface area contributed by atoms with Gasteiger partial charge in [0.05, 0.1) is 5.75 Å². The third-order valence-corrected chi connectivity index (χ3v) is 4.24. The van der Waals surface area contributed by atoms with Gasteiger partial charge in [-0.15, -0.1) is 11.8 Å². The van der Waals surface area contributed by atoms with E-state index in [1.54, 1.807) is 12.1 Å². The lowest BCUT2D eigenvalue weighted by Crippen LogP contribution is -2.37. The molecule has 106 valence electrons. The number of carbonyl (C=O) groups excluding carboxylic acids is 1. The second-order valence-corrected chi connectivity index (χ2v) is 6.19. The van der Waals surface area contributed by atoms with Crippen LogP contribution in [-0.2, 0) is 10.5 Å². The Morgan fingerprint density at radius 3 is 2.68 bits per heavy atom. The average Bonchev–Trinajstić information content (AvgIpc) is 2.32. The van der Waals surface area contributed by atoms with Gasteiger partial charge in [0.1, 0.15) is 5.82 Å². The summed E-state index contributed by atoms with van der Waals surface area (Å²) in [7, 11) is 0. The number of thioether (sulfide) groups is 1. The molecule has 0 bridgehead atoms. The standard InChI is InChI=1S/C14H19ClFNOS/c1-9(2)10(3)17-14(18)8-19-7-11-12(15)5-4-6-13(11)16/h4-6,9-10H,7-8H2,1-3H3,(H,17,18)/t10-/m0/s1. The Morgan fingerprint density at radius 1 is 1.42 bits per heavy atom. The molecule has 5 heteroatoms. The van der Waals surface area contributed by atoms with Crippen molar-refractivity contribution >= 4 is 29.3 Å². The van der Waals surface area contributed by atoms with Gasteiger partial charge in [0.15, 0.2) is 0 Å². The van der Waals surface area contributed by atoms with E-state index < -0.39 is 0 Å². The fourth-order valence-electron chi connectivity index (χ4n) is 1.38. The normalized spacial score (nSPS) is 12.5. The number of carbonyl (C=O) groups is 1. The molecule has 0 aliphatic heterocycles. The van der Waals surface area contributed by atoms with Crippen LogP contribution in [0.3, 0.4) is 0 Å². The zero-order chi connectivity index (χ0) is 14.4. The van der Waals surface area contributed by atoms with Gasteiger partial charge in [-0.25, -0.2) is 4.39 Å². The zero-order valence-electron chi connectivity index (χ0n) is 11.4. The molecule has 0 heterocycles. The van der Waals surface area contributed by atoms with E-state index in [2.05, 4.69) is 19.2 Å². The van der Waals surface area contributed by atoms with E-state index in [4.69, 9.17) is 11.6 Å². The molecular weight excluding hydrogens is 285 g/mol. The predicted octanol–water partition coefficient (Wildman–Crippen LogP) is 3.87. The summed E-state index contributed by atoms with van der Waals surface area (Å²) in [5.41, 5.74) is 0.457. The number of nitrogens with one attached hydrogen (secondary N) is 1. The van der Waals surface area contributed by atoms with Gasteiger partial charge in [-0.1, -0.05) is 31.5 Å². The number of halogens is 2. The first kappa shape index (κ1) is 16.3. The van der Waals surface area contributed by atoms with Gasteiger partial charge >= 0.3 is 0 Å². The summed E-state index contributed by atoms with van der Waals surface area (Å²) in [6.45, 7) is 6.08. The molecule has 0 saturated carbocycles. The Kier molecular flexibility index (Phi) is 6.66. The van der Waals surface area contributed by atoms with Gasteiger partial charge < -0.3 is 5.32 Å². The van der Waals surface area contributed by atoms with E-state index >= 15 is 0 Å². The highest BCUT2D eigenvalue weighted by Crippen LogP contribution is 2.23. The molecule has 0 unspecified atom stereocenters. The number of amides is 1. The zero-order valence-corrected chi connectivity index (χ0v) is 12.9. The summed E-state index contributed by atoms with van der Waals surface area (Å²) in [6, 6.07) is 4.75. The second-order valence-electron chi connectivity index (χ2n) is 4.79. The van der Waals surface area contributed by atoms with Gasteiger partial charge in [0, 0.05) is 22.4 Å². The third-order valence-electron chi connectivity index (χ3n) is 2.93. The average molecular weight is 304 g/mol. The number of hydrogen-bond acceptors (Lipinski definition) is 2. The first-order valence-corrected chi connectivity index (χ1v) is 7.75. The van der Waals surface area contributed by atoms with E-state index in [9.17, 15) is 9.18 Å². The second kappa shape index (κ2) is 7.75. The van der Waals surface area contributed by atoms with Gasteiger partial charge in [-0.3, -0.25) is 4.79 Å². The fourth-order valence-corrected chi connectivity index (χ4v) is 2.56. The molecule has 0 aliphatic rings. The van der Waals surface area contributed by atoms with E-state index in [-0.39, 0.29) is 17.8 Å². The minimum atomic E-state index is -0.323. The van der Waals surface area contributed by atoms with E-state index in [0.717, 1.165) is 0 Å². The maximum atomic E-state index is 13.5. The lowest BCUT2D eigenvalue weighted by molar-refractivity contribution is -0.119. The number of hydrogen-bond donors (Lipinski definition) is 1. The van der Waals surface area contributed by atoms with Crippen LogP contribution < -0.4 is 5.32 Å². The molecule has 1 rings (SSSR count). The lowest BCUT2D eigenvalue weighted by Gasteiger charge is -2.17. The molecule has 0 radical (unpaired) electrons. The molecule has 0 spiro atoms. The van der Waals surface area contributed by atoms with E-state index in [1.165, 1.54) is 17.8 Å². The van der Waals surface area contributed by atoms with E-state index in [0.29, 0.717) is 28.0 Å². The first-order chi connectivity index (χ1) is 8.91. The minimum Gasteiger partial charge on any atom is -0.353 e. The predicted molar refractivity (Wildman–Crippen MR) is 80.0 cm³/mol. The van der Waals surface area contributed by atoms with Crippen LogP contribution in [0, 0.1) is 11.7 Å². The minimum absolute atomic E-state index is 0.0290. The van der Waals surface area contributed by atoms with Crippen molar-refractivity contribution in [2.24, 2.45) is 5.92 Å². The van der Waals surface area contributed by atoms with Crippen LogP contribution in [0.15, 0.2) is 18.2 Å². The molecule has 0 fully saturated rings. The lowest BCUT2D eigenvalue weighted by atomic mass is 10.1. The molecule has 1 aromatic carbocycles. The van der Waals surface area contributed by atoms with Crippen molar-refractivity contribution < 1.29 is 9.18 Å². The molecule has 1 amide bonds. The molecule has 0 saturated heterocycles. The number of rotatable bonds is 6. The maximum absolute atomic E-state index is 13.5. The van der Waals surface area contributed by atoms with Crippen LogP contribution in [0.5, 0.6) is 0 Å². The molecule has 1 atom stereocenters. The Balaban J connectivity index is 2.40.